The highest BCUT2D eigenvalue weighted by atomic mass is 32.2. The molecule has 1 aliphatic rings. The molecule has 0 bridgehead atoms. The first-order valence-electron chi connectivity index (χ1n) is 9.10. The monoisotopic (exact) mass is 389 g/mol. The number of nitrogens with one attached hydrogen (secondary N) is 1. The molecule has 5 nitrogen and oxygen atoms in total. The van der Waals surface area contributed by atoms with Crippen LogP contribution in [0.1, 0.15) is 44.6 Å². The molecule has 0 aromatic heterocycles. The van der Waals surface area contributed by atoms with Gasteiger partial charge >= 0.3 is 0 Å². The Morgan fingerprint density at radius 2 is 1.93 bits per heavy atom. The van der Waals surface area contributed by atoms with Gasteiger partial charge in [0.2, 0.25) is 11.8 Å². The lowest BCUT2D eigenvalue weighted by Gasteiger charge is -2.26. The summed E-state index contributed by atoms with van der Waals surface area (Å²) in [7, 11) is 0. The fourth-order valence-electron chi connectivity index (χ4n) is 3.04. The largest absolute Gasteiger partial charge is 0.342 e. The van der Waals surface area contributed by atoms with Crippen LogP contribution in [0.4, 0.5) is 4.39 Å². The van der Waals surface area contributed by atoms with E-state index in [-0.39, 0.29) is 29.8 Å². The van der Waals surface area contributed by atoms with Crippen LogP contribution >= 0.6 is 11.8 Å². The van der Waals surface area contributed by atoms with Crippen molar-refractivity contribution >= 4 is 23.6 Å². The maximum Gasteiger partial charge on any atom is 0.232 e. The van der Waals surface area contributed by atoms with E-state index in [1.54, 1.807) is 12.1 Å². The molecule has 0 saturated heterocycles. The molecule has 1 aromatic rings. The van der Waals surface area contributed by atoms with Crippen molar-refractivity contribution in [1.29, 1.82) is 5.26 Å². The summed E-state index contributed by atoms with van der Waals surface area (Å²) in [5.74, 6) is -0.849. The van der Waals surface area contributed by atoms with Gasteiger partial charge in [-0.25, -0.2) is 4.39 Å². The lowest BCUT2D eigenvalue weighted by atomic mass is 9.87. The zero-order chi connectivity index (χ0) is 19.8. The highest BCUT2D eigenvalue weighted by molar-refractivity contribution is 8.03. The number of allylic oxidation sites excluding steroid dienone is 1. The first kappa shape index (κ1) is 21.0. The summed E-state index contributed by atoms with van der Waals surface area (Å²) >= 11 is 1.18. The molecule has 0 aliphatic carbocycles. The van der Waals surface area contributed by atoms with Gasteiger partial charge in [-0.3, -0.25) is 9.59 Å². The number of nitriles is 1. The van der Waals surface area contributed by atoms with Gasteiger partial charge in [-0.05, 0) is 30.5 Å². The van der Waals surface area contributed by atoms with Gasteiger partial charge < -0.3 is 10.2 Å². The molecule has 144 valence electrons. The number of hydrogen-bond acceptors (Lipinski definition) is 4. The van der Waals surface area contributed by atoms with Gasteiger partial charge in [0.05, 0.1) is 22.4 Å². The van der Waals surface area contributed by atoms with E-state index in [2.05, 4.69) is 11.4 Å². The zero-order valence-corrected chi connectivity index (χ0v) is 16.4. The summed E-state index contributed by atoms with van der Waals surface area (Å²) in [5.41, 5.74) is 1.13. The minimum absolute atomic E-state index is 0.00774. The number of amides is 2. The Bertz CT molecular complexity index is 749. The highest BCUT2D eigenvalue weighted by Gasteiger charge is 2.30. The van der Waals surface area contributed by atoms with Gasteiger partial charge in [-0.1, -0.05) is 37.7 Å². The van der Waals surface area contributed by atoms with Gasteiger partial charge in [0.25, 0.3) is 0 Å². The normalized spacial score (nSPS) is 16.7. The van der Waals surface area contributed by atoms with E-state index in [1.165, 1.54) is 23.9 Å². The fraction of sp³-hybridized carbons (Fsp3) is 0.450. The molecule has 2 rings (SSSR count). The average Bonchev–Trinajstić information content (AvgIpc) is 2.66. The van der Waals surface area contributed by atoms with Gasteiger partial charge in [-0.2, -0.15) is 5.26 Å². The van der Waals surface area contributed by atoms with Gasteiger partial charge in [0.1, 0.15) is 5.82 Å². The molecular weight excluding hydrogens is 365 g/mol. The summed E-state index contributed by atoms with van der Waals surface area (Å²) < 4.78 is 13.2. The molecule has 27 heavy (non-hydrogen) atoms. The van der Waals surface area contributed by atoms with Crippen LogP contribution in [0.25, 0.3) is 0 Å². The van der Waals surface area contributed by atoms with E-state index in [0.29, 0.717) is 29.3 Å². The van der Waals surface area contributed by atoms with Crippen molar-refractivity contribution < 1.29 is 14.0 Å². The SMILES string of the molecule is CCCN(CCC)C(=O)CSC1=C(C#N)[C@H](c2ccc(F)cc2)CC(=O)N1. The zero-order valence-electron chi connectivity index (χ0n) is 15.6. The first-order chi connectivity index (χ1) is 13.0. The molecule has 0 fully saturated rings. The molecule has 1 aromatic carbocycles. The third-order valence-corrected chi connectivity index (χ3v) is 5.31. The van der Waals surface area contributed by atoms with Crippen molar-refractivity contribution in [2.45, 2.75) is 39.0 Å². The summed E-state index contributed by atoms with van der Waals surface area (Å²) in [6.45, 7) is 5.44. The Morgan fingerprint density at radius 3 is 2.48 bits per heavy atom. The van der Waals surface area contributed by atoms with Crippen molar-refractivity contribution in [3.05, 3.63) is 46.2 Å². The molecule has 0 unspecified atom stereocenters. The van der Waals surface area contributed by atoms with E-state index >= 15 is 0 Å². The first-order valence-corrected chi connectivity index (χ1v) is 10.1. The number of nitrogens with zero attached hydrogens (tertiary/aromatic N) is 2. The van der Waals surface area contributed by atoms with E-state index in [1.807, 2.05) is 18.7 Å². The number of benzene rings is 1. The lowest BCUT2D eigenvalue weighted by molar-refractivity contribution is -0.128. The van der Waals surface area contributed by atoms with Gasteiger partial charge in [0, 0.05) is 25.4 Å². The molecule has 1 atom stereocenters. The van der Waals surface area contributed by atoms with Crippen molar-refractivity contribution in [3.63, 3.8) is 0 Å². The summed E-state index contributed by atoms with van der Waals surface area (Å²) in [4.78, 5) is 26.4. The van der Waals surface area contributed by atoms with Crippen molar-refractivity contribution in [2.75, 3.05) is 18.8 Å². The minimum atomic E-state index is -0.427. The number of thioether (sulfide) groups is 1. The van der Waals surface area contributed by atoms with E-state index < -0.39 is 5.92 Å². The smallest absolute Gasteiger partial charge is 0.232 e. The molecule has 0 spiro atoms. The van der Waals surface area contributed by atoms with Gasteiger partial charge in [0.15, 0.2) is 0 Å². The second-order valence-electron chi connectivity index (χ2n) is 6.38. The van der Waals surface area contributed by atoms with Crippen molar-refractivity contribution in [3.8, 4) is 6.07 Å². The van der Waals surface area contributed by atoms with E-state index in [0.717, 1.165) is 12.8 Å². The third-order valence-electron chi connectivity index (χ3n) is 4.31. The molecular formula is C20H24FN3O2S. The minimum Gasteiger partial charge on any atom is -0.342 e. The van der Waals surface area contributed by atoms with Crippen LogP contribution in [0.2, 0.25) is 0 Å². The number of hydrogen-bond donors (Lipinski definition) is 1. The molecule has 7 heteroatoms. The predicted molar refractivity (Wildman–Crippen MR) is 104 cm³/mol. The number of rotatable bonds is 8. The van der Waals surface area contributed by atoms with Crippen LogP contribution < -0.4 is 5.32 Å². The molecule has 0 saturated carbocycles. The highest BCUT2D eigenvalue weighted by Crippen LogP contribution is 2.36. The molecule has 1 N–H and O–H groups in total. The van der Waals surface area contributed by atoms with Crippen LogP contribution in [0.5, 0.6) is 0 Å². The van der Waals surface area contributed by atoms with Crippen LogP contribution in [-0.4, -0.2) is 35.6 Å². The molecule has 2 amide bonds. The van der Waals surface area contributed by atoms with E-state index in [4.69, 9.17) is 0 Å². The lowest BCUT2D eigenvalue weighted by Crippen LogP contribution is -2.35. The number of carbonyl (C=O) groups is 2. The van der Waals surface area contributed by atoms with Crippen LogP contribution in [0.3, 0.4) is 0 Å². The van der Waals surface area contributed by atoms with Crippen LogP contribution in [0, 0.1) is 17.1 Å². The second-order valence-corrected chi connectivity index (χ2v) is 7.37. The van der Waals surface area contributed by atoms with E-state index in [9.17, 15) is 19.2 Å². The summed E-state index contributed by atoms with van der Waals surface area (Å²) in [6, 6.07) is 7.99. The Balaban J connectivity index is 2.19. The summed E-state index contributed by atoms with van der Waals surface area (Å²) in [6.07, 6.45) is 1.89. The van der Waals surface area contributed by atoms with Crippen LogP contribution in [0.15, 0.2) is 34.9 Å². The number of halogens is 1. The summed E-state index contributed by atoms with van der Waals surface area (Å²) in [5, 5.41) is 12.8. The molecule has 1 heterocycles. The number of carbonyl (C=O) groups excluding carboxylic acids is 2. The Morgan fingerprint density at radius 1 is 1.30 bits per heavy atom. The Hall–Kier alpha value is -2.33. The predicted octanol–water partition coefficient (Wildman–Crippen LogP) is 3.55. The molecule has 1 aliphatic heterocycles. The maximum atomic E-state index is 13.2. The maximum absolute atomic E-state index is 13.2. The van der Waals surface area contributed by atoms with Gasteiger partial charge in [-0.15, -0.1) is 0 Å². The third kappa shape index (κ3) is 5.57. The average molecular weight is 389 g/mol. The van der Waals surface area contributed by atoms with Crippen molar-refractivity contribution in [1.82, 2.24) is 10.2 Å². The second kappa shape index (κ2) is 10.1. The van der Waals surface area contributed by atoms with Crippen LogP contribution in [-0.2, 0) is 9.59 Å². The van der Waals surface area contributed by atoms with Crippen molar-refractivity contribution in [2.24, 2.45) is 0 Å². The quantitative estimate of drug-likeness (QED) is 0.738. The standard InChI is InChI=1S/C20H24FN3O2S/c1-3-9-24(10-4-2)19(26)13-27-20-17(12-22)16(11-18(25)23-20)14-5-7-15(21)8-6-14/h5-8,16H,3-4,9-11,13H2,1-2H3,(H,23,25)/t16-/m0/s1. The Kier molecular flexibility index (Phi) is 7.86. The topological polar surface area (TPSA) is 73.2 Å². The molecule has 0 radical (unpaired) electrons. The fourth-order valence-corrected chi connectivity index (χ4v) is 4.02. The Labute approximate surface area is 163 Å².